The lowest BCUT2D eigenvalue weighted by Crippen LogP contribution is -2.29. The van der Waals surface area contributed by atoms with E-state index in [1.54, 1.807) is 0 Å². The topological polar surface area (TPSA) is 46.6 Å². The largest absolute Gasteiger partial charge is 0.272 e. The van der Waals surface area contributed by atoms with E-state index in [1.807, 2.05) is 0 Å². The molecule has 4 nitrogen and oxygen atoms in total. The summed E-state index contributed by atoms with van der Waals surface area (Å²) in [5, 5.41) is 0.830. The average molecular weight is 175 g/mol. The number of imide groups is 1. The standard InChI is InChI=1S/C6H9NO3S/c8-5-1-2-6(9)7(5)10-3-4-11/h11H,1-4H2. The zero-order valence-corrected chi connectivity index (χ0v) is 6.84. The second kappa shape index (κ2) is 3.73. The molecule has 1 saturated heterocycles. The number of carbonyl (C=O) groups is 2. The van der Waals surface area contributed by atoms with Gasteiger partial charge in [-0.3, -0.25) is 14.4 Å². The van der Waals surface area contributed by atoms with Crippen LogP contribution in [-0.4, -0.2) is 29.2 Å². The minimum absolute atomic E-state index is 0.253. The molecule has 0 N–H and O–H groups in total. The molecule has 1 rings (SSSR count). The van der Waals surface area contributed by atoms with Crippen LogP contribution in [0.15, 0.2) is 0 Å². The lowest BCUT2D eigenvalue weighted by molar-refractivity contribution is -0.185. The quantitative estimate of drug-likeness (QED) is 0.485. The molecule has 1 fully saturated rings. The minimum atomic E-state index is -0.253. The summed E-state index contributed by atoms with van der Waals surface area (Å²) in [5.41, 5.74) is 0. The summed E-state index contributed by atoms with van der Waals surface area (Å²) in [6, 6.07) is 0. The van der Waals surface area contributed by atoms with Gasteiger partial charge in [0.2, 0.25) is 0 Å². The van der Waals surface area contributed by atoms with Crippen LogP contribution in [0.3, 0.4) is 0 Å². The predicted molar refractivity (Wildman–Crippen MR) is 40.9 cm³/mol. The first-order valence-electron chi connectivity index (χ1n) is 3.35. The molecule has 0 aromatic heterocycles. The summed E-state index contributed by atoms with van der Waals surface area (Å²) in [6.45, 7) is 0.292. The van der Waals surface area contributed by atoms with Gasteiger partial charge in [-0.1, -0.05) is 0 Å². The van der Waals surface area contributed by atoms with E-state index in [0.29, 0.717) is 12.4 Å². The molecule has 5 heteroatoms. The van der Waals surface area contributed by atoms with Crippen molar-refractivity contribution in [3.8, 4) is 0 Å². The third-order valence-electron chi connectivity index (χ3n) is 1.32. The van der Waals surface area contributed by atoms with E-state index >= 15 is 0 Å². The zero-order valence-electron chi connectivity index (χ0n) is 5.95. The van der Waals surface area contributed by atoms with Crippen molar-refractivity contribution in [1.82, 2.24) is 5.06 Å². The van der Waals surface area contributed by atoms with Crippen molar-refractivity contribution in [3.05, 3.63) is 0 Å². The van der Waals surface area contributed by atoms with Gasteiger partial charge in [-0.2, -0.15) is 17.7 Å². The molecule has 11 heavy (non-hydrogen) atoms. The molecule has 0 unspecified atom stereocenters. The van der Waals surface area contributed by atoms with Gasteiger partial charge in [0.1, 0.15) is 0 Å². The number of hydrogen-bond donors (Lipinski definition) is 1. The summed E-state index contributed by atoms with van der Waals surface area (Å²) in [7, 11) is 0. The van der Waals surface area contributed by atoms with Crippen LogP contribution < -0.4 is 0 Å². The van der Waals surface area contributed by atoms with Crippen LogP contribution in [0.5, 0.6) is 0 Å². The Morgan fingerprint density at radius 3 is 2.36 bits per heavy atom. The fourth-order valence-electron chi connectivity index (χ4n) is 0.832. The maximum Gasteiger partial charge on any atom is 0.253 e. The third-order valence-corrected chi connectivity index (χ3v) is 1.50. The normalized spacial score (nSPS) is 18.1. The fourth-order valence-corrected chi connectivity index (χ4v) is 0.914. The number of hydrogen-bond acceptors (Lipinski definition) is 4. The van der Waals surface area contributed by atoms with Crippen LogP contribution in [0.25, 0.3) is 0 Å². The van der Waals surface area contributed by atoms with Crippen molar-refractivity contribution >= 4 is 24.4 Å². The van der Waals surface area contributed by atoms with Gasteiger partial charge in [0, 0.05) is 18.6 Å². The van der Waals surface area contributed by atoms with Crippen LogP contribution in [-0.2, 0) is 14.4 Å². The Balaban J connectivity index is 2.41. The summed E-state index contributed by atoms with van der Waals surface area (Å²) in [5.74, 6) is -0.00887. The third kappa shape index (κ3) is 1.94. The van der Waals surface area contributed by atoms with Crippen LogP contribution >= 0.6 is 12.6 Å². The second-order valence-corrected chi connectivity index (χ2v) is 2.59. The predicted octanol–water partition coefficient (Wildman–Crippen LogP) is -0.00320. The molecule has 2 amide bonds. The molecular formula is C6H9NO3S. The maximum absolute atomic E-state index is 10.8. The number of thiol groups is 1. The van der Waals surface area contributed by atoms with Crippen LogP contribution in [0.2, 0.25) is 0 Å². The van der Waals surface area contributed by atoms with Gasteiger partial charge in [0.15, 0.2) is 0 Å². The molecular weight excluding hydrogens is 166 g/mol. The highest BCUT2D eigenvalue weighted by molar-refractivity contribution is 7.80. The fraction of sp³-hybridized carbons (Fsp3) is 0.667. The summed E-state index contributed by atoms with van der Waals surface area (Å²) in [4.78, 5) is 26.5. The summed E-state index contributed by atoms with van der Waals surface area (Å²) < 4.78 is 0. The van der Waals surface area contributed by atoms with Gasteiger partial charge in [-0.25, -0.2) is 0 Å². The molecule has 0 aromatic rings. The van der Waals surface area contributed by atoms with E-state index in [9.17, 15) is 9.59 Å². The highest BCUT2D eigenvalue weighted by atomic mass is 32.1. The molecule has 1 aliphatic heterocycles. The highest BCUT2D eigenvalue weighted by Gasteiger charge is 2.29. The highest BCUT2D eigenvalue weighted by Crippen LogP contribution is 2.11. The molecule has 1 aliphatic rings. The Morgan fingerprint density at radius 2 is 1.91 bits per heavy atom. The number of amides is 2. The Hall–Kier alpha value is -0.550. The van der Waals surface area contributed by atoms with Gasteiger partial charge in [0.25, 0.3) is 11.8 Å². The summed E-state index contributed by atoms with van der Waals surface area (Å²) >= 11 is 3.88. The van der Waals surface area contributed by atoms with Crippen LogP contribution in [0.1, 0.15) is 12.8 Å². The van der Waals surface area contributed by atoms with Gasteiger partial charge in [-0.05, 0) is 0 Å². The molecule has 0 atom stereocenters. The number of nitrogens with zero attached hydrogens (tertiary/aromatic N) is 1. The van der Waals surface area contributed by atoms with Gasteiger partial charge in [0.05, 0.1) is 6.61 Å². The molecule has 0 aliphatic carbocycles. The molecule has 0 bridgehead atoms. The Kier molecular flexibility index (Phi) is 2.90. The van der Waals surface area contributed by atoms with Crippen LogP contribution in [0.4, 0.5) is 0 Å². The summed E-state index contributed by atoms with van der Waals surface area (Å²) in [6.07, 6.45) is 0.539. The van der Waals surface area contributed by atoms with E-state index in [4.69, 9.17) is 4.84 Å². The maximum atomic E-state index is 10.8. The molecule has 0 radical (unpaired) electrons. The van der Waals surface area contributed by atoms with E-state index < -0.39 is 0 Å². The zero-order chi connectivity index (χ0) is 8.27. The van der Waals surface area contributed by atoms with Gasteiger partial charge >= 0.3 is 0 Å². The Morgan fingerprint density at radius 1 is 1.36 bits per heavy atom. The van der Waals surface area contributed by atoms with E-state index in [1.165, 1.54) is 0 Å². The van der Waals surface area contributed by atoms with Crippen molar-refractivity contribution < 1.29 is 14.4 Å². The van der Waals surface area contributed by atoms with Gasteiger partial charge in [-0.15, -0.1) is 0 Å². The molecule has 1 heterocycles. The van der Waals surface area contributed by atoms with E-state index in [-0.39, 0.29) is 24.7 Å². The SMILES string of the molecule is O=C1CCC(=O)N1OCCS. The monoisotopic (exact) mass is 175 g/mol. The van der Waals surface area contributed by atoms with Crippen molar-refractivity contribution in [2.45, 2.75) is 12.8 Å². The smallest absolute Gasteiger partial charge is 0.253 e. The molecule has 62 valence electrons. The van der Waals surface area contributed by atoms with Crippen molar-refractivity contribution in [2.75, 3.05) is 12.4 Å². The van der Waals surface area contributed by atoms with E-state index in [0.717, 1.165) is 5.06 Å². The van der Waals surface area contributed by atoms with Crippen molar-refractivity contribution in [2.24, 2.45) is 0 Å². The van der Waals surface area contributed by atoms with Crippen LogP contribution in [0, 0.1) is 0 Å². The van der Waals surface area contributed by atoms with Gasteiger partial charge < -0.3 is 0 Å². The number of rotatable bonds is 3. The first-order valence-corrected chi connectivity index (χ1v) is 3.98. The second-order valence-electron chi connectivity index (χ2n) is 2.14. The lowest BCUT2D eigenvalue weighted by atomic mass is 10.4. The lowest BCUT2D eigenvalue weighted by Gasteiger charge is -2.11. The Bertz CT molecular complexity index is 167. The van der Waals surface area contributed by atoms with Crippen molar-refractivity contribution in [3.63, 3.8) is 0 Å². The average Bonchev–Trinajstić information content (AvgIpc) is 2.29. The Labute approximate surface area is 69.9 Å². The first-order chi connectivity index (χ1) is 5.25. The number of carbonyl (C=O) groups excluding carboxylic acids is 2. The van der Waals surface area contributed by atoms with Crippen molar-refractivity contribution in [1.29, 1.82) is 0 Å². The minimum Gasteiger partial charge on any atom is -0.272 e. The molecule has 0 saturated carbocycles. The molecule has 0 spiro atoms. The molecule has 0 aromatic carbocycles. The number of hydroxylamine groups is 2. The van der Waals surface area contributed by atoms with E-state index in [2.05, 4.69) is 12.6 Å². The first kappa shape index (κ1) is 8.55.